The van der Waals surface area contributed by atoms with Crippen molar-refractivity contribution in [3.63, 3.8) is 0 Å². The summed E-state index contributed by atoms with van der Waals surface area (Å²) in [5.41, 5.74) is 0. The number of rotatable bonds is 6. The Kier molecular flexibility index (Phi) is 6.21. The zero-order valence-corrected chi connectivity index (χ0v) is 12.0. The summed E-state index contributed by atoms with van der Waals surface area (Å²) >= 11 is 0. The highest BCUT2D eigenvalue weighted by Crippen LogP contribution is 2.27. The average Bonchev–Trinajstić information content (AvgIpc) is 2.44. The zero-order chi connectivity index (χ0) is 15.1. The molecule has 6 nitrogen and oxygen atoms in total. The molecule has 0 spiro atoms. The molecule has 0 heterocycles. The molecule has 0 aromatic carbocycles. The predicted molar refractivity (Wildman–Crippen MR) is 73.9 cm³/mol. The van der Waals surface area contributed by atoms with Gasteiger partial charge in [-0.2, -0.15) is 0 Å². The Hall–Kier alpha value is -1.85. The lowest BCUT2D eigenvalue weighted by molar-refractivity contribution is -0.150. The standard InChI is InChI=1S/C14H22N2O4/c1-3-8-15-12(17)9-16(2)13(18)10-6-4-5-7-11(10)14(19)20/h4-5,10-11H,3,6-9H2,1-2H3,(H,15,17)(H,19,20)/t10-,11+/m1/s1. The highest BCUT2D eigenvalue weighted by atomic mass is 16.4. The van der Waals surface area contributed by atoms with Gasteiger partial charge < -0.3 is 15.3 Å². The van der Waals surface area contributed by atoms with Crippen molar-refractivity contribution < 1.29 is 19.5 Å². The second kappa shape index (κ2) is 7.67. The van der Waals surface area contributed by atoms with Gasteiger partial charge in [0, 0.05) is 13.6 Å². The van der Waals surface area contributed by atoms with Gasteiger partial charge in [-0.1, -0.05) is 19.1 Å². The Bertz CT molecular complexity index is 406. The van der Waals surface area contributed by atoms with Crippen molar-refractivity contribution in [2.24, 2.45) is 11.8 Å². The maximum atomic E-state index is 12.3. The third-order valence-corrected chi connectivity index (χ3v) is 3.40. The van der Waals surface area contributed by atoms with E-state index in [1.807, 2.05) is 13.0 Å². The average molecular weight is 282 g/mol. The fourth-order valence-corrected chi connectivity index (χ4v) is 2.26. The van der Waals surface area contributed by atoms with Crippen molar-refractivity contribution in [1.29, 1.82) is 0 Å². The number of likely N-dealkylation sites (N-methyl/N-ethyl adjacent to an activating group) is 1. The first kappa shape index (κ1) is 16.2. The lowest BCUT2D eigenvalue weighted by Crippen LogP contribution is -2.44. The van der Waals surface area contributed by atoms with E-state index >= 15 is 0 Å². The number of hydrogen-bond acceptors (Lipinski definition) is 3. The Morgan fingerprint density at radius 2 is 1.85 bits per heavy atom. The SMILES string of the molecule is CCCNC(=O)CN(C)C(=O)[C@@H]1CC=CC[C@@H]1C(=O)O. The molecule has 0 radical (unpaired) electrons. The molecule has 2 atom stereocenters. The van der Waals surface area contributed by atoms with Gasteiger partial charge in [-0.3, -0.25) is 14.4 Å². The quantitative estimate of drug-likeness (QED) is 0.700. The summed E-state index contributed by atoms with van der Waals surface area (Å²) < 4.78 is 0. The Morgan fingerprint density at radius 1 is 1.25 bits per heavy atom. The Balaban J connectivity index is 2.60. The fraction of sp³-hybridized carbons (Fsp3) is 0.643. The molecule has 0 unspecified atom stereocenters. The number of carboxylic acids is 1. The van der Waals surface area contributed by atoms with Crippen LogP contribution < -0.4 is 5.32 Å². The van der Waals surface area contributed by atoms with Crippen LogP contribution in [0.2, 0.25) is 0 Å². The summed E-state index contributed by atoms with van der Waals surface area (Å²) in [6, 6.07) is 0. The second-order valence-corrected chi connectivity index (χ2v) is 5.04. The van der Waals surface area contributed by atoms with Gasteiger partial charge >= 0.3 is 5.97 Å². The van der Waals surface area contributed by atoms with Crippen LogP contribution in [0.15, 0.2) is 12.2 Å². The van der Waals surface area contributed by atoms with Crippen LogP contribution in [0.5, 0.6) is 0 Å². The lowest BCUT2D eigenvalue weighted by Gasteiger charge is -2.28. The maximum absolute atomic E-state index is 12.3. The van der Waals surface area contributed by atoms with Gasteiger partial charge in [0.15, 0.2) is 0 Å². The molecule has 0 aromatic heterocycles. The number of carboxylic acid groups (broad SMARTS) is 1. The molecular formula is C14H22N2O4. The minimum absolute atomic E-state index is 0.0363. The van der Waals surface area contributed by atoms with Crippen molar-refractivity contribution in [2.45, 2.75) is 26.2 Å². The van der Waals surface area contributed by atoms with Crippen LogP contribution in [0, 0.1) is 11.8 Å². The molecular weight excluding hydrogens is 260 g/mol. The topological polar surface area (TPSA) is 86.7 Å². The Labute approximate surface area is 118 Å². The van der Waals surface area contributed by atoms with Crippen LogP contribution in [-0.4, -0.2) is 47.9 Å². The van der Waals surface area contributed by atoms with E-state index in [0.717, 1.165) is 6.42 Å². The summed E-state index contributed by atoms with van der Waals surface area (Å²) in [4.78, 5) is 36.3. The summed E-state index contributed by atoms with van der Waals surface area (Å²) in [5, 5.41) is 11.8. The van der Waals surface area contributed by atoms with E-state index < -0.39 is 17.8 Å². The molecule has 2 N–H and O–H groups in total. The van der Waals surface area contributed by atoms with Gasteiger partial charge in [-0.05, 0) is 19.3 Å². The molecule has 1 aliphatic rings. The third kappa shape index (κ3) is 4.36. The van der Waals surface area contributed by atoms with E-state index in [0.29, 0.717) is 19.4 Å². The number of amides is 2. The van der Waals surface area contributed by atoms with Crippen LogP contribution in [0.3, 0.4) is 0 Å². The molecule has 0 saturated carbocycles. The van der Waals surface area contributed by atoms with Gasteiger partial charge in [0.05, 0.1) is 18.4 Å². The smallest absolute Gasteiger partial charge is 0.307 e. The van der Waals surface area contributed by atoms with E-state index in [9.17, 15) is 14.4 Å². The highest BCUT2D eigenvalue weighted by Gasteiger charge is 2.35. The van der Waals surface area contributed by atoms with E-state index in [1.165, 1.54) is 11.9 Å². The van der Waals surface area contributed by atoms with Crippen molar-refractivity contribution in [3.05, 3.63) is 12.2 Å². The largest absolute Gasteiger partial charge is 0.481 e. The monoisotopic (exact) mass is 282 g/mol. The van der Waals surface area contributed by atoms with Crippen LogP contribution >= 0.6 is 0 Å². The number of aliphatic carboxylic acids is 1. The van der Waals surface area contributed by atoms with E-state index in [-0.39, 0.29) is 18.4 Å². The predicted octanol–water partition coefficient (Wildman–Crippen LogP) is 0.638. The van der Waals surface area contributed by atoms with Gasteiger partial charge in [0.25, 0.3) is 0 Å². The van der Waals surface area contributed by atoms with Gasteiger partial charge in [0.2, 0.25) is 11.8 Å². The first-order chi connectivity index (χ1) is 9.47. The highest BCUT2D eigenvalue weighted by molar-refractivity contribution is 5.88. The second-order valence-electron chi connectivity index (χ2n) is 5.04. The third-order valence-electron chi connectivity index (χ3n) is 3.40. The number of carbonyl (C=O) groups excluding carboxylic acids is 2. The molecule has 0 aliphatic heterocycles. The number of carbonyl (C=O) groups is 3. The molecule has 1 rings (SSSR count). The zero-order valence-electron chi connectivity index (χ0n) is 12.0. The van der Waals surface area contributed by atoms with Crippen molar-refractivity contribution in [3.8, 4) is 0 Å². The Morgan fingerprint density at radius 3 is 2.40 bits per heavy atom. The molecule has 0 aromatic rings. The minimum atomic E-state index is -0.962. The van der Waals surface area contributed by atoms with E-state index in [2.05, 4.69) is 5.32 Å². The first-order valence-corrected chi connectivity index (χ1v) is 6.86. The molecule has 1 aliphatic carbocycles. The summed E-state index contributed by atoms with van der Waals surface area (Å²) in [6.07, 6.45) is 5.22. The number of hydrogen-bond donors (Lipinski definition) is 2. The van der Waals surface area contributed by atoms with E-state index in [1.54, 1.807) is 6.08 Å². The molecule has 0 bridgehead atoms. The van der Waals surface area contributed by atoms with Gasteiger partial charge in [-0.15, -0.1) is 0 Å². The molecule has 20 heavy (non-hydrogen) atoms. The van der Waals surface area contributed by atoms with Gasteiger partial charge in [0.1, 0.15) is 0 Å². The molecule has 6 heteroatoms. The molecule has 0 saturated heterocycles. The molecule has 2 amide bonds. The number of allylic oxidation sites excluding steroid dienone is 2. The van der Waals surface area contributed by atoms with Crippen LogP contribution in [0.1, 0.15) is 26.2 Å². The summed E-state index contributed by atoms with van der Waals surface area (Å²) in [6.45, 7) is 2.48. The van der Waals surface area contributed by atoms with E-state index in [4.69, 9.17) is 5.11 Å². The van der Waals surface area contributed by atoms with Gasteiger partial charge in [-0.25, -0.2) is 0 Å². The minimum Gasteiger partial charge on any atom is -0.481 e. The summed E-state index contributed by atoms with van der Waals surface area (Å²) in [7, 11) is 1.53. The van der Waals surface area contributed by atoms with Crippen LogP contribution in [0.4, 0.5) is 0 Å². The van der Waals surface area contributed by atoms with Crippen LogP contribution in [0.25, 0.3) is 0 Å². The molecule has 0 fully saturated rings. The van der Waals surface area contributed by atoms with Crippen molar-refractivity contribution >= 4 is 17.8 Å². The van der Waals surface area contributed by atoms with Crippen molar-refractivity contribution in [2.75, 3.05) is 20.1 Å². The lowest BCUT2D eigenvalue weighted by atomic mass is 9.82. The summed E-state index contributed by atoms with van der Waals surface area (Å²) in [5.74, 6) is -2.75. The number of nitrogens with one attached hydrogen (secondary N) is 1. The van der Waals surface area contributed by atoms with Crippen LogP contribution in [-0.2, 0) is 14.4 Å². The number of nitrogens with zero attached hydrogens (tertiary/aromatic N) is 1. The van der Waals surface area contributed by atoms with Crippen molar-refractivity contribution in [1.82, 2.24) is 10.2 Å². The normalized spacial score (nSPS) is 21.3. The first-order valence-electron chi connectivity index (χ1n) is 6.86. The fourth-order valence-electron chi connectivity index (χ4n) is 2.26. The molecule has 112 valence electrons. The maximum Gasteiger partial charge on any atom is 0.307 e.